The molecule has 12 heavy (non-hydrogen) atoms. The Kier molecular flexibility index (Phi) is 1.33. The molecule has 3 nitrogen and oxygen atoms in total. The van der Waals surface area contributed by atoms with E-state index in [1.807, 2.05) is 24.3 Å². The van der Waals surface area contributed by atoms with Gasteiger partial charge in [0.05, 0.1) is 11.4 Å². The Morgan fingerprint density at radius 1 is 1.25 bits per heavy atom. The Morgan fingerprint density at radius 2 is 1.75 bits per heavy atom. The van der Waals surface area contributed by atoms with Crippen LogP contribution in [0.1, 0.15) is 6.92 Å². The van der Waals surface area contributed by atoms with Crippen LogP contribution in [0.3, 0.4) is 0 Å². The molecule has 0 radical (unpaired) electrons. The predicted molar refractivity (Wildman–Crippen MR) is 48.2 cm³/mol. The zero-order valence-corrected chi connectivity index (χ0v) is 6.79. The molecule has 0 aliphatic carbocycles. The lowest BCUT2D eigenvalue weighted by atomic mass is 10.2. The summed E-state index contributed by atoms with van der Waals surface area (Å²) in [5, 5.41) is 6.16. The van der Waals surface area contributed by atoms with Crippen LogP contribution in [0.15, 0.2) is 24.3 Å². The van der Waals surface area contributed by atoms with Gasteiger partial charge in [0.1, 0.15) is 0 Å². The molecular weight excluding hydrogens is 152 g/mol. The molecule has 1 aliphatic heterocycles. The molecule has 2 rings (SSSR count). The third-order valence-electron chi connectivity index (χ3n) is 1.95. The fraction of sp³-hybridized carbons (Fsp3) is 0.222. The number of hydrogen-bond acceptors (Lipinski definition) is 3. The van der Waals surface area contributed by atoms with Gasteiger partial charge in [-0.15, -0.1) is 0 Å². The average molecular weight is 162 g/mol. The second-order valence-electron chi connectivity index (χ2n) is 3.12. The zero-order chi connectivity index (χ0) is 8.60. The molecule has 0 amide bonds. The lowest BCUT2D eigenvalue weighted by Crippen LogP contribution is -2.39. The normalized spacial score (nSPS) is 17.4. The minimum atomic E-state index is -0.635. The van der Waals surface area contributed by atoms with Crippen LogP contribution < -0.4 is 10.6 Å². The Hall–Kier alpha value is -1.51. The molecule has 0 unspecified atom stereocenters. The maximum Gasteiger partial charge on any atom is 0.165 e. The Labute approximate surface area is 70.8 Å². The third kappa shape index (κ3) is 0.942. The summed E-state index contributed by atoms with van der Waals surface area (Å²) in [6, 6.07) is 7.75. The maximum atomic E-state index is 10.7. The number of carbonyl (C=O) groups is 1. The van der Waals surface area contributed by atoms with Crippen molar-refractivity contribution in [3.63, 3.8) is 0 Å². The van der Waals surface area contributed by atoms with Gasteiger partial charge in [-0.2, -0.15) is 0 Å². The minimum absolute atomic E-state index is 0.635. The second-order valence-corrected chi connectivity index (χ2v) is 3.12. The molecule has 1 aromatic rings. The number of rotatable bonds is 1. The topological polar surface area (TPSA) is 41.1 Å². The van der Waals surface area contributed by atoms with Crippen molar-refractivity contribution in [2.75, 3.05) is 10.6 Å². The quantitative estimate of drug-likeness (QED) is 0.614. The van der Waals surface area contributed by atoms with Gasteiger partial charge in [0, 0.05) is 0 Å². The van der Waals surface area contributed by atoms with Gasteiger partial charge in [-0.3, -0.25) is 4.79 Å². The van der Waals surface area contributed by atoms with Gasteiger partial charge in [0.15, 0.2) is 11.9 Å². The largest absolute Gasteiger partial charge is 0.355 e. The van der Waals surface area contributed by atoms with E-state index in [4.69, 9.17) is 0 Å². The number of anilines is 2. The standard InChI is InChI=1S/C9H10N2O/c1-9(6-12)10-7-4-2-3-5-8(7)11-9/h2-6,10-11H,1H3. The summed E-state index contributed by atoms with van der Waals surface area (Å²) in [6.45, 7) is 1.81. The molecule has 1 aromatic carbocycles. The molecule has 1 heterocycles. The van der Waals surface area contributed by atoms with E-state index < -0.39 is 5.66 Å². The number of nitrogens with one attached hydrogen (secondary N) is 2. The van der Waals surface area contributed by atoms with E-state index in [2.05, 4.69) is 10.6 Å². The van der Waals surface area contributed by atoms with Crippen molar-refractivity contribution < 1.29 is 4.79 Å². The number of carbonyl (C=O) groups excluding carboxylic acids is 1. The molecule has 0 saturated heterocycles. The number of aldehydes is 1. The van der Waals surface area contributed by atoms with Crippen LogP contribution in [0.4, 0.5) is 11.4 Å². The number of benzene rings is 1. The molecular formula is C9H10N2O. The van der Waals surface area contributed by atoms with E-state index in [-0.39, 0.29) is 0 Å². The van der Waals surface area contributed by atoms with Gasteiger partial charge < -0.3 is 10.6 Å². The smallest absolute Gasteiger partial charge is 0.165 e. The van der Waals surface area contributed by atoms with Crippen LogP contribution in [0.5, 0.6) is 0 Å². The van der Waals surface area contributed by atoms with Crippen molar-refractivity contribution in [2.24, 2.45) is 0 Å². The molecule has 2 N–H and O–H groups in total. The number of hydrogen-bond donors (Lipinski definition) is 2. The summed E-state index contributed by atoms with van der Waals surface area (Å²) in [5.74, 6) is 0. The van der Waals surface area contributed by atoms with Crippen LogP contribution in [-0.4, -0.2) is 11.9 Å². The molecule has 62 valence electrons. The zero-order valence-electron chi connectivity index (χ0n) is 6.79. The summed E-state index contributed by atoms with van der Waals surface area (Å²) in [5.41, 5.74) is 1.32. The Morgan fingerprint density at radius 3 is 2.17 bits per heavy atom. The molecule has 0 aromatic heterocycles. The minimum Gasteiger partial charge on any atom is -0.355 e. The summed E-state index contributed by atoms with van der Waals surface area (Å²) >= 11 is 0. The summed E-state index contributed by atoms with van der Waals surface area (Å²) in [4.78, 5) is 10.7. The highest BCUT2D eigenvalue weighted by Gasteiger charge is 2.29. The van der Waals surface area contributed by atoms with Crippen LogP contribution >= 0.6 is 0 Å². The lowest BCUT2D eigenvalue weighted by Gasteiger charge is -2.17. The van der Waals surface area contributed by atoms with Crippen molar-refractivity contribution in [3.05, 3.63) is 24.3 Å². The van der Waals surface area contributed by atoms with E-state index in [0.717, 1.165) is 17.7 Å². The number of fused-ring (bicyclic) bond motifs is 1. The summed E-state index contributed by atoms with van der Waals surface area (Å²) < 4.78 is 0. The first-order chi connectivity index (χ1) is 5.73. The van der Waals surface area contributed by atoms with E-state index in [9.17, 15) is 4.79 Å². The second kappa shape index (κ2) is 2.24. The number of para-hydroxylation sites is 2. The van der Waals surface area contributed by atoms with E-state index in [0.29, 0.717) is 0 Å². The van der Waals surface area contributed by atoms with Gasteiger partial charge in [-0.1, -0.05) is 12.1 Å². The molecule has 0 fully saturated rings. The van der Waals surface area contributed by atoms with Crippen molar-refractivity contribution in [3.8, 4) is 0 Å². The molecule has 1 aliphatic rings. The highest BCUT2D eigenvalue weighted by molar-refractivity contribution is 5.86. The summed E-state index contributed by atoms with van der Waals surface area (Å²) in [6.07, 6.45) is 0.868. The van der Waals surface area contributed by atoms with E-state index in [1.165, 1.54) is 0 Å². The Bertz CT molecular complexity index is 297. The maximum absolute atomic E-state index is 10.7. The van der Waals surface area contributed by atoms with Crippen molar-refractivity contribution in [1.82, 2.24) is 0 Å². The molecule has 0 spiro atoms. The van der Waals surface area contributed by atoms with Gasteiger partial charge in [-0.25, -0.2) is 0 Å². The lowest BCUT2D eigenvalue weighted by molar-refractivity contribution is -0.110. The van der Waals surface area contributed by atoms with Crippen LogP contribution in [0.2, 0.25) is 0 Å². The Balaban J connectivity index is 2.39. The monoisotopic (exact) mass is 162 g/mol. The third-order valence-corrected chi connectivity index (χ3v) is 1.95. The van der Waals surface area contributed by atoms with Crippen molar-refractivity contribution in [2.45, 2.75) is 12.6 Å². The predicted octanol–water partition coefficient (Wildman–Crippen LogP) is 1.44. The molecule has 0 saturated carbocycles. The summed E-state index contributed by atoms with van der Waals surface area (Å²) in [7, 11) is 0. The van der Waals surface area contributed by atoms with Gasteiger partial charge in [-0.05, 0) is 19.1 Å². The van der Waals surface area contributed by atoms with Gasteiger partial charge in [0.2, 0.25) is 0 Å². The molecule has 0 atom stereocenters. The molecule has 3 heteroatoms. The fourth-order valence-corrected chi connectivity index (χ4v) is 1.35. The van der Waals surface area contributed by atoms with Crippen LogP contribution in [0.25, 0.3) is 0 Å². The fourth-order valence-electron chi connectivity index (χ4n) is 1.35. The van der Waals surface area contributed by atoms with E-state index in [1.54, 1.807) is 6.92 Å². The molecule has 0 bridgehead atoms. The first-order valence-corrected chi connectivity index (χ1v) is 3.85. The highest BCUT2D eigenvalue weighted by atomic mass is 16.1. The van der Waals surface area contributed by atoms with E-state index >= 15 is 0 Å². The van der Waals surface area contributed by atoms with Crippen molar-refractivity contribution >= 4 is 17.7 Å². The highest BCUT2D eigenvalue weighted by Crippen LogP contribution is 2.31. The van der Waals surface area contributed by atoms with Crippen LogP contribution in [-0.2, 0) is 4.79 Å². The van der Waals surface area contributed by atoms with Crippen LogP contribution in [0, 0.1) is 0 Å². The van der Waals surface area contributed by atoms with Gasteiger partial charge in [0.25, 0.3) is 0 Å². The van der Waals surface area contributed by atoms with Gasteiger partial charge >= 0.3 is 0 Å². The first-order valence-electron chi connectivity index (χ1n) is 3.85. The van der Waals surface area contributed by atoms with Crippen molar-refractivity contribution in [1.29, 1.82) is 0 Å². The first kappa shape index (κ1) is 7.16. The average Bonchev–Trinajstić information content (AvgIpc) is 2.42. The SMILES string of the molecule is CC1(C=O)Nc2ccccc2N1.